The maximum Gasteiger partial charge on any atom is 0.169 e. The van der Waals surface area contributed by atoms with Crippen LogP contribution in [0, 0.1) is 0 Å². The molecule has 0 fully saturated rings. The number of aliphatic imine (C=N–C) groups is 1. The van der Waals surface area contributed by atoms with Crippen LogP contribution in [0.25, 0.3) is 0 Å². The zero-order valence-corrected chi connectivity index (χ0v) is 5.86. The molecule has 1 aromatic rings. The molecular weight excluding hydrogens is 126 g/mol. The van der Waals surface area contributed by atoms with Gasteiger partial charge in [0.25, 0.3) is 0 Å². The molecule has 0 aliphatic heterocycles. The van der Waals surface area contributed by atoms with E-state index in [0.29, 0.717) is 5.82 Å². The second-order valence-corrected chi connectivity index (χ2v) is 1.91. The van der Waals surface area contributed by atoms with Gasteiger partial charge in [-0.1, -0.05) is 12.7 Å². The third kappa shape index (κ3) is 1.55. The highest BCUT2D eigenvalue weighted by atomic mass is 15.1. The molecule has 0 aliphatic carbocycles. The van der Waals surface area contributed by atoms with Crippen LogP contribution < -0.4 is 0 Å². The third-order valence-electron chi connectivity index (χ3n) is 1.00. The molecule has 0 spiro atoms. The highest BCUT2D eigenvalue weighted by Gasteiger charge is 1.87. The van der Waals surface area contributed by atoms with Crippen LogP contribution in [-0.2, 0) is 7.05 Å². The van der Waals surface area contributed by atoms with Crippen molar-refractivity contribution in [2.75, 3.05) is 0 Å². The summed E-state index contributed by atoms with van der Waals surface area (Å²) in [6, 6.07) is 0. The van der Waals surface area contributed by atoms with Gasteiger partial charge in [0.1, 0.15) is 0 Å². The highest BCUT2D eigenvalue weighted by Crippen LogP contribution is 2.03. The Balaban J connectivity index is 2.75. The van der Waals surface area contributed by atoms with Gasteiger partial charge in [0.2, 0.25) is 0 Å². The van der Waals surface area contributed by atoms with Gasteiger partial charge in [0, 0.05) is 19.5 Å². The Morgan fingerprint density at radius 1 is 1.80 bits per heavy atom. The van der Waals surface area contributed by atoms with Crippen LogP contribution in [0.1, 0.15) is 0 Å². The summed E-state index contributed by atoms with van der Waals surface area (Å²) in [6.45, 7) is 3.50. The lowest BCUT2D eigenvalue weighted by molar-refractivity contribution is 0.913. The standard InChI is InChI=1S/C7H9N3/c1-3-4-8-7-5-10(2)6-9-7/h3-6H,1H2,2H3/b8-4+. The van der Waals surface area contributed by atoms with E-state index >= 15 is 0 Å². The number of aromatic nitrogens is 2. The summed E-state index contributed by atoms with van der Waals surface area (Å²) >= 11 is 0. The number of imidazole rings is 1. The van der Waals surface area contributed by atoms with Crippen LogP contribution in [0.5, 0.6) is 0 Å². The van der Waals surface area contributed by atoms with Crippen LogP contribution in [0.15, 0.2) is 30.2 Å². The van der Waals surface area contributed by atoms with Gasteiger partial charge in [-0.3, -0.25) is 0 Å². The van der Waals surface area contributed by atoms with Gasteiger partial charge >= 0.3 is 0 Å². The molecule has 0 bridgehead atoms. The van der Waals surface area contributed by atoms with Gasteiger partial charge in [0.05, 0.1) is 6.33 Å². The predicted molar refractivity (Wildman–Crippen MR) is 41.6 cm³/mol. The first-order valence-corrected chi connectivity index (χ1v) is 2.96. The van der Waals surface area contributed by atoms with Crippen LogP contribution in [-0.4, -0.2) is 15.8 Å². The summed E-state index contributed by atoms with van der Waals surface area (Å²) in [5, 5.41) is 0. The smallest absolute Gasteiger partial charge is 0.169 e. The molecule has 0 aromatic carbocycles. The molecule has 1 aromatic heterocycles. The monoisotopic (exact) mass is 135 g/mol. The minimum absolute atomic E-state index is 0.711. The largest absolute Gasteiger partial charge is 0.338 e. The van der Waals surface area contributed by atoms with E-state index < -0.39 is 0 Å². The Kier molecular flexibility index (Phi) is 1.99. The van der Waals surface area contributed by atoms with E-state index in [9.17, 15) is 0 Å². The van der Waals surface area contributed by atoms with E-state index in [1.165, 1.54) is 0 Å². The Morgan fingerprint density at radius 2 is 2.60 bits per heavy atom. The van der Waals surface area contributed by atoms with E-state index in [1.54, 1.807) is 18.6 Å². The van der Waals surface area contributed by atoms with E-state index in [1.807, 2.05) is 17.8 Å². The Bertz CT molecular complexity index is 247. The average molecular weight is 135 g/mol. The molecule has 0 amide bonds. The van der Waals surface area contributed by atoms with Gasteiger partial charge < -0.3 is 4.57 Å². The molecule has 0 saturated heterocycles. The summed E-state index contributed by atoms with van der Waals surface area (Å²) in [5.41, 5.74) is 0. The van der Waals surface area contributed by atoms with Crippen molar-refractivity contribution in [3.8, 4) is 0 Å². The van der Waals surface area contributed by atoms with Crippen molar-refractivity contribution < 1.29 is 0 Å². The van der Waals surface area contributed by atoms with Crippen molar-refractivity contribution in [3.05, 3.63) is 25.2 Å². The number of hydrogen-bond donors (Lipinski definition) is 0. The van der Waals surface area contributed by atoms with Crippen molar-refractivity contribution in [1.29, 1.82) is 0 Å². The fraction of sp³-hybridized carbons (Fsp3) is 0.143. The topological polar surface area (TPSA) is 30.2 Å². The predicted octanol–water partition coefficient (Wildman–Crippen LogP) is 1.31. The maximum absolute atomic E-state index is 3.97. The van der Waals surface area contributed by atoms with Gasteiger partial charge in [-0.2, -0.15) is 0 Å². The Labute approximate surface area is 59.7 Å². The summed E-state index contributed by atoms with van der Waals surface area (Å²) in [7, 11) is 1.90. The molecule has 1 heterocycles. The van der Waals surface area contributed by atoms with Crippen molar-refractivity contribution in [3.63, 3.8) is 0 Å². The Morgan fingerprint density at radius 3 is 3.10 bits per heavy atom. The lowest BCUT2D eigenvalue weighted by Crippen LogP contribution is -1.76. The zero-order chi connectivity index (χ0) is 7.40. The molecule has 0 saturated carbocycles. The molecule has 1 rings (SSSR count). The van der Waals surface area contributed by atoms with Gasteiger partial charge in [-0.25, -0.2) is 9.98 Å². The molecule has 10 heavy (non-hydrogen) atoms. The fourth-order valence-electron chi connectivity index (χ4n) is 0.595. The van der Waals surface area contributed by atoms with Crippen molar-refractivity contribution >= 4 is 12.0 Å². The molecule has 0 atom stereocenters. The number of hydrogen-bond acceptors (Lipinski definition) is 2. The summed E-state index contributed by atoms with van der Waals surface area (Å²) in [4.78, 5) is 7.94. The normalized spacial score (nSPS) is 10.5. The maximum atomic E-state index is 3.97. The van der Waals surface area contributed by atoms with Gasteiger partial charge in [-0.15, -0.1) is 0 Å². The third-order valence-corrected chi connectivity index (χ3v) is 1.00. The second-order valence-electron chi connectivity index (χ2n) is 1.91. The molecule has 0 aliphatic rings. The SMILES string of the molecule is C=C/C=N/c1cn(C)cn1. The Hall–Kier alpha value is -1.38. The summed E-state index contributed by atoms with van der Waals surface area (Å²) < 4.78 is 1.84. The van der Waals surface area contributed by atoms with Crippen molar-refractivity contribution in [2.24, 2.45) is 12.0 Å². The van der Waals surface area contributed by atoms with E-state index in [-0.39, 0.29) is 0 Å². The number of rotatable bonds is 2. The molecule has 3 heteroatoms. The van der Waals surface area contributed by atoms with E-state index in [2.05, 4.69) is 16.6 Å². The molecule has 3 nitrogen and oxygen atoms in total. The lowest BCUT2D eigenvalue weighted by Gasteiger charge is -1.80. The molecule has 52 valence electrons. The van der Waals surface area contributed by atoms with Crippen molar-refractivity contribution in [2.45, 2.75) is 0 Å². The average Bonchev–Trinajstić information content (AvgIpc) is 2.31. The minimum Gasteiger partial charge on any atom is -0.338 e. The van der Waals surface area contributed by atoms with Crippen LogP contribution >= 0.6 is 0 Å². The van der Waals surface area contributed by atoms with Crippen molar-refractivity contribution in [1.82, 2.24) is 9.55 Å². The second kappa shape index (κ2) is 2.96. The lowest BCUT2D eigenvalue weighted by atomic mass is 10.7. The summed E-state index contributed by atoms with van der Waals surface area (Å²) in [5.74, 6) is 0.711. The molecule has 0 N–H and O–H groups in total. The molecular formula is C7H9N3. The number of nitrogens with zero attached hydrogens (tertiary/aromatic N) is 3. The fourth-order valence-corrected chi connectivity index (χ4v) is 0.595. The summed E-state index contributed by atoms with van der Waals surface area (Å²) in [6.07, 6.45) is 6.77. The first-order valence-electron chi connectivity index (χ1n) is 2.96. The molecule has 0 radical (unpaired) electrons. The van der Waals surface area contributed by atoms with Gasteiger partial charge in [0.15, 0.2) is 5.82 Å². The quantitative estimate of drug-likeness (QED) is 0.562. The number of allylic oxidation sites excluding steroid dienone is 1. The van der Waals surface area contributed by atoms with E-state index in [4.69, 9.17) is 0 Å². The number of aryl methyl sites for hydroxylation is 1. The van der Waals surface area contributed by atoms with E-state index in [0.717, 1.165) is 0 Å². The van der Waals surface area contributed by atoms with Crippen LogP contribution in [0.4, 0.5) is 5.82 Å². The minimum atomic E-state index is 0.711. The first-order chi connectivity index (χ1) is 4.83. The highest BCUT2D eigenvalue weighted by molar-refractivity contribution is 5.72. The first kappa shape index (κ1) is 6.74. The van der Waals surface area contributed by atoms with Crippen LogP contribution in [0.3, 0.4) is 0 Å². The zero-order valence-electron chi connectivity index (χ0n) is 5.86. The molecule has 0 unspecified atom stereocenters. The van der Waals surface area contributed by atoms with Crippen LogP contribution in [0.2, 0.25) is 0 Å². The van der Waals surface area contributed by atoms with Gasteiger partial charge in [-0.05, 0) is 0 Å².